The zero-order chi connectivity index (χ0) is 14.7. The number of aryl methyl sites for hydroxylation is 2. The standard InChI is InChI=1S/C15H20ClN3O/c1-10(17-3)12-6-5-7-13(8-12)20-9-14-11(2)18-19(4)15(14)16/h5-8,10,17H,9H2,1-4H3. The molecule has 0 aliphatic heterocycles. The molecule has 0 aliphatic carbocycles. The highest BCUT2D eigenvalue weighted by atomic mass is 35.5. The number of nitrogens with one attached hydrogen (secondary N) is 1. The fourth-order valence-electron chi connectivity index (χ4n) is 2.03. The van der Waals surface area contributed by atoms with Crippen molar-refractivity contribution in [2.45, 2.75) is 26.5 Å². The van der Waals surface area contributed by atoms with Gasteiger partial charge in [0.05, 0.1) is 5.69 Å². The van der Waals surface area contributed by atoms with Crippen molar-refractivity contribution in [3.63, 3.8) is 0 Å². The van der Waals surface area contributed by atoms with Gasteiger partial charge >= 0.3 is 0 Å². The Labute approximate surface area is 124 Å². The van der Waals surface area contributed by atoms with Gasteiger partial charge in [0.2, 0.25) is 0 Å². The van der Waals surface area contributed by atoms with Crippen LogP contribution in [-0.4, -0.2) is 16.8 Å². The van der Waals surface area contributed by atoms with E-state index in [1.54, 1.807) is 4.68 Å². The van der Waals surface area contributed by atoms with Gasteiger partial charge in [-0.25, -0.2) is 0 Å². The van der Waals surface area contributed by atoms with E-state index in [-0.39, 0.29) is 0 Å². The molecule has 0 spiro atoms. The molecular weight excluding hydrogens is 274 g/mol. The summed E-state index contributed by atoms with van der Waals surface area (Å²) in [6.45, 7) is 4.47. The van der Waals surface area contributed by atoms with Crippen molar-refractivity contribution in [3.05, 3.63) is 46.2 Å². The summed E-state index contributed by atoms with van der Waals surface area (Å²) in [4.78, 5) is 0. The molecule has 1 N–H and O–H groups in total. The lowest BCUT2D eigenvalue weighted by Crippen LogP contribution is -2.12. The van der Waals surface area contributed by atoms with E-state index in [1.165, 1.54) is 5.56 Å². The molecule has 1 aromatic carbocycles. The van der Waals surface area contributed by atoms with Gasteiger partial charge in [0.25, 0.3) is 0 Å². The Morgan fingerprint density at radius 3 is 2.80 bits per heavy atom. The fraction of sp³-hybridized carbons (Fsp3) is 0.400. The van der Waals surface area contributed by atoms with Crippen LogP contribution in [0.25, 0.3) is 0 Å². The molecule has 1 unspecified atom stereocenters. The lowest BCUT2D eigenvalue weighted by Gasteiger charge is -2.12. The molecule has 0 aliphatic rings. The van der Waals surface area contributed by atoms with E-state index < -0.39 is 0 Å². The highest BCUT2D eigenvalue weighted by Gasteiger charge is 2.12. The molecule has 0 bridgehead atoms. The number of aromatic nitrogens is 2. The highest BCUT2D eigenvalue weighted by Crippen LogP contribution is 2.23. The first kappa shape index (κ1) is 14.9. The number of benzene rings is 1. The first-order valence-corrected chi connectivity index (χ1v) is 6.98. The van der Waals surface area contributed by atoms with Crippen LogP contribution in [0, 0.1) is 6.92 Å². The minimum Gasteiger partial charge on any atom is -0.489 e. The predicted octanol–water partition coefficient (Wildman–Crippen LogP) is 3.24. The highest BCUT2D eigenvalue weighted by molar-refractivity contribution is 6.30. The molecule has 4 nitrogen and oxygen atoms in total. The van der Waals surface area contributed by atoms with E-state index in [9.17, 15) is 0 Å². The molecule has 1 atom stereocenters. The van der Waals surface area contributed by atoms with Crippen molar-refractivity contribution >= 4 is 11.6 Å². The van der Waals surface area contributed by atoms with Crippen LogP contribution < -0.4 is 10.1 Å². The molecule has 0 fully saturated rings. The molecule has 1 aromatic heterocycles. The van der Waals surface area contributed by atoms with Crippen LogP contribution >= 0.6 is 11.6 Å². The van der Waals surface area contributed by atoms with Gasteiger partial charge in [0, 0.05) is 18.7 Å². The fourth-order valence-corrected chi connectivity index (χ4v) is 2.26. The summed E-state index contributed by atoms with van der Waals surface area (Å²) in [7, 11) is 3.77. The van der Waals surface area contributed by atoms with Gasteiger partial charge in [-0.05, 0) is 38.6 Å². The van der Waals surface area contributed by atoms with E-state index in [2.05, 4.69) is 23.4 Å². The lowest BCUT2D eigenvalue weighted by atomic mass is 10.1. The number of ether oxygens (including phenoxy) is 1. The van der Waals surface area contributed by atoms with Gasteiger partial charge in [-0.1, -0.05) is 23.7 Å². The van der Waals surface area contributed by atoms with Crippen LogP contribution in [0.3, 0.4) is 0 Å². The largest absolute Gasteiger partial charge is 0.489 e. The van der Waals surface area contributed by atoms with Crippen LogP contribution in [0.5, 0.6) is 5.75 Å². The number of hydrogen-bond acceptors (Lipinski definition) is 3. The summed E-state index contributed by atoms with van der Waals surface area (Å²) in [5.74, 6) is 0.837. The predicted molar refractivity (Wildman–Crippen MR) is 81.2 cm³/mol. The second kappa shape index (κ2) is 6.29. The van der Waals surface area contributed by atoms with Gasteiger partial charge < -0.3 is 10.1 Å². The average Bonchev–Trinajstić information content (AvgIpc) is 2.69. The summed E-state index contributed by atoms with van der Waals surface area (Å²) in [6, 6.07) is 8.36. The third-order valence-corrected chi connectivity index (χ3v) is 3.92. The van der Waals surface area contributed by atoms with Crippen molar-refractivity contribution in [2.24, 2.45) is 7.05 Å². The van der Waals surface area contributed by atoms with E-state index in [1.807, 2.05) is 39.2 Å². The third-order valence-electron chi connectivity index (χ3n) is 3.44. The molecule has 0 saturated carbocycles. The maximum Gasteiger partial charge on any atom is 0.133 e. The van der Waals surface area contributed by atoms with Gasteiger partial charge in [0.1, 0.15) is 17.5 Å². The van der Waals surface area contributed by atoms with Gasteiger partial charge in [-0.15, -0.1) is 0 Å². The number of nitrogens with zero attached hydrogens (tertiary/aromatic N) is 2. The zero-order valence-electron chi connectivity index (χ0n) is 12.3. The van der Waals surface area contributed by atoms with Crippen molar-refractivity contribution in [1.29, 1.82) is 0 Å². The summed E-state index contributed by atoms with van der Waals surface area (Å²) >= 11 is 6.19. The molecule has 2 aromatic rings. The molecule has 108 valence electrons. The second-order valence-electron chi connectivity index (χ2n) is 4.85. The Balaban J connectivity index is 2.11. The van der Waals surface area contributed by atoms with E-state index in [0.717, 1.165) is 17.0 Å². The zero-order valence-corrected chi connectivity index (χ0v) is 13.0. The molecule has 20 heavy (non-hydrogen) atoms. The van der Waals surface area contributed by atoms with Crippen LogP contribution in [0.4, 0.5) is 0 Å². The van der Waals surface area contributed by atoms with E-state index in [0.29, 0.717) is 17.8 Å². The van der Waals surface area contributed by atoms with Gasteiger partial charge in [-0.2, -0.15) is 5.10 Å². The Kier molecular flexibility index (Phi) is 4.68. The first-order chi connectivity index (χ1) is 9.52. The Bertz CT molecular complexity index is 595. The lowest BCUT2D eigenvalue weighted by molar-refractivity contribution is 0.305. The van der Waals surface area contributed by atoms with Crippen molar-refractivity contribution in [2.75, 3.05) is 7.05 Å². The average molecular weight is 294 g/mol. The first-order valence-electron chi connectivity index (χ1n) is 6.61. The van der Waals surface area contributed by atoms with E-state index in [4.69, 9.17) is 16.3 Å². The molecule has 0 radical (unpaired) electrons. The van der Waals surface area contributed by atoms with Crippen LogP contribution in [0.1, 0.15) is 29.8 Å². The summed E-state index contributed by atoms with van der Waals surface area (Å²) in [6.07, 6.45) is 0. The van der Waals surface area contributed by atoms with Crippen molar-refractivity contribution < 1.29 is 4.74 Å². The SMILES string of the molecule is CNC(C)c1cccc(OCc2c(C)nn(C)c2Cl)c1. The Morgan fingerprint density at radius 2 is 2.20 bits per heavy atom. The molecular formula is C15H20ClN3O. The minimum atomic E-state index is 0.294. The van der Waals surface area contributed by atoms with Crippen molar-refractivity contribution in [3.8, 4) is 5.75 Å². The molecule has 5 heteroatoms. The topological polar surface area (TPSA) is 39.1 Å². The van der Waals surface area contributed by atoms with Gasteiger partial charge in [-0.3, -0.25) is 4.68 Å². The Hall–Kier alpha value is -1.52. The summed E-state index contributed by atoms with van der Waals surface area (Å²) in [5, 5.41) is 8.12. The maximum atomic E-state index is 6.19. The van der Waals surface area contributed by atoms with Crippen LogP contribution in [0.2, 0.25) is 5.15 Å². The summed E-state index contributed by atoms with van der Waals surface area (Å²) < 4.78 is 7.50. The number of rotatable bonds is 5. The van der Waals surface area contributed by atoms with Crippen molar-refractivity contribution in [1.82, 2.24) is 15.1 Å². The molecule has 1 heterocycles. The maximum absolute atomic E-state index is 6.19. The third kappa shape index (κ3) is 3.14. The van der Waals surface area contributed by atoms with Crippen LogP contribution in [-0.2, 0) is 13.7 Å². The second-order valence-corrected chi connectivity index (χ2v) is 5.21. The Morgan fingerprint density at radius 1 is 1.45 bits per heavy atom. The van der Waals surface area contributed by atoms with Gasteiger partial charge in [0.15, 0.2) is 0 Å². The normalized spacial score (nSPS) is 12.4. The monoisotopic (exact) mass is 293 g/mol. The quantitative estimate of drug-likeness (QED) is 0.920. The van der Waals surface area contributed by atoms with E-state index >= 15 is 0 Å². The minimum absolute atomic E-state index is 0.294. The summed E-state index contributed by atoms with van der Waals surface area (Å²) in [5.41, 5.74) is 3.03. The smallest absolute Gasteiger partial charge is 0.133 e. The number of halogens is 1. The number of hydrogen-bond donors (Lipinski definition) is 1. The molecule has 2 rings (SSSR count). The molecule has 0 saturated heterocycles. The molecule has 0 amide bonds. The van der Waals surface area contributed by atoms with Crippen LogP contribution in [0.15, 0.2) is 24.3 Å².